The zero-order chi connectivity index (χ0) is 11.2. The first-order valence-corrected chi connectivity index (χ1v) is 6.05. The van der Waals surface area contributed by atoms with Gasteiger partial charge < -0.3 is 5.11 Å². The van der Waals surface area contributed by atoms with Gasteiger partial charge in [0.15, 0.2) is 0 Å². The molecule has 1 aromatic rings. The molecule has 1 spiro atoms. The SMILES string of the molecule is O=C(O)C1CC12CCCCc1ccccc12. The Hall–Kier alpha value is -1.31. The Morgan fingerprint density at radius 2 is 2.12 bits per heavy atom. The fraction of sp³-hybridized carbons (Fsp3) is 0.500. The zero-order valence-corrected chi connectivity index (χ0v) is 9.28. The number of carboxylic acids is 1. The van der Waals surface area contributed by atoms with Crippen molar-refractivity contribution in [3.05, 3.63) is 35.4 Å². The Bertz CT molecular complexity index is 438. The molecule has 1 aromatic carbocycles. The lowest BCUT2D eigenvalue weighted by molar-refractivity contribution is -0.139. The molecule has 84 valence electrons. The number of benzene rings is 1. The van der Waals surface area contributed by atoms with Crippen LogP contribution in [0.3, 0.4) is 0 Å². The molecule has 2 aliphatic rings. The Balaban J connectivity index is 2.05. The fourth-order valence-corrected chi connectivity index (χ4v) is 3.32. The first-order valence-electron chi connectivity index (χ1n) is 6.05. The van der Waals surface area contributed by atoms with E-state index < -0.39 is 5.97 Å². The molecule has 0 amide bonds. The average molecular weight is 216 g/mol. The summed E-state index contributed by atoms with van der Waals surface area (Å²) in [6, 6.07) is 8.42. The number of rotatable bonds is 1. The zero-order valence-electron chi connectivity index (χ0n) is 9.28. The summed E-state index contributed by atoms with van der Waals surface area (Å²) in [5.74, 6) is -0.747. The second kappa shape index (κ2) is 3.34. The van der Waals surface area contributed by atoms with E-state index in [0.29, 0.717) is 0 Å². The van der Waals surface area contributed by atoms with Gasteiger partial charge in [-0.15, -0.1) is 0 Å². The van der Waals surface area contributed by atoms with Crippen LogP contribution in [0.4, 0.5) is 0 Å². The second-order valence-electron chi connectivity index (χ2n) is 5.12. The maximum Gasteiger partial charge on any atom is 0.307 e. The Kier molecular flexibility index (Phi) is 2.06. The second-order valence-corrected chi connectivity index (χ2v) is 5.12. The maximum atomic E-state index is 11.2. The predicted molar refractivity (Wildman–Crippen MR) is 61.4 cm³/mol. The normalized spacial score (nSPS) is 31.9. The lowest BCUT2D eigenvalue weighted by Crippen LogP contribution is -2.15. The minimum absolute atomic E-state index is 0.0150. The predicted octanol–water partition coefficient (Wildman–Crippen LogP) is 2.76. The van der Waals surface area contributed by atoms with Crippen LogP contribution in [0.15, 0.2) is 24.3 Å². The van der Waals surface area contributed by atoms with Gasteiger partial charge >= 0.3 is 5.97 Å². The van der Waals surface area contributed by atoms with E-state index in [1.54, 1.807) is 0 Å². The minimum atomic E-state index is -0.614. The molecule has 0 aliphatic heterocycles. The van der Waals surface area contributed by atoms with Crippen molar-refractivity contribution in [1.29, 1.82) is 0 Å². The molecule has 2 atom stereocenters. The van der Waals surface area contributed by atoms with Crippen LogP contribution in [0.5, 0.6) is 0 Å². The third kappa shape index (κ3) is 1.29. The van der Waals surface area contributed by atoms with Gasteiger partial charge in [-0.2, -0.15) is 0 Å². The molecule has 0 bridgehead atoms. The number of fused-ring (bicyclic) bond motifs is 2. The van der Waals surface area contributed by atoms with Gasteiger partial charge in [-0.1, -0.05) is 30.7 Å². The maximum absolute atomic E-state index is 11.2. The summed E-state index contributed by atoms with van der Waals surface area (Å²) >= 11 is 0. The van der Waals surface area contributed by atoms with E-state index in [0.717, 1.165) is 19.3 Å². The minimum Gasteiger partial charge on any atom is -0.481 e. The van der Waals surface area contributed by atoms with E-state index in [1.807, 2.05) is 6.07 Å². The average Bonchev–Trinajstić information content (AvgIpc) is 3.04. The molecular formula is C14H16O2. The smallest absolute Gasteiger partial charge is 0.307 e. The van der Waals surface area contributed by atoms with Gasteiger partial charge in [0.1, 0.15) is 0 Å². The van der Waals surface area contributed by atoms with Crippen molar-refractivity contribution in [3.63, 3.8) is 0 Å². The van der Waals surface area contributed by atoms with E-state index in [4.69, 9.17) is 0 Å². The summed E-state index contributed by atoms with van der Waals surface area (Å²) in [6.45, 7) is 0. The van der Waals surface area contributed by atoms with E-state index in [9.17, 15) is 9.90 Å². The van der Waals surface area contributed by atoms with Crippen molar-refractivity contribution in [2.45, 2.75) is 37.5 Å². The molecule has 1 fully saturated rings. The Morgan fingerprint density at radius 3 is 2.88 bits per heavy atom. The van der Waals surface area contributed by atoms with Crippen LogP contribution in [0.25, 0.3) is 0 Å². The largest absolute Gasteiger partial charge is 0.481 e. The number of aliphatic carboxylic acids is 1. The third-order valence-electron chi connectivity index (χ3n) is 4.25. The van der Waals surface area contributed by atoms with Crippen molar-refractivity contribution in [2.24, 2.45) is 5.92 Å². The molecule has 2 nitrogen and oxygen atoms in total. The molecule has 0 heterocycles. The van der Waals surface area contributed by atoms with E-state index in [2.05, 4.69) is 18.2 Å². The quantitative estimate of drug-likeness (QED) is 0.783. The molecule has 0 radical (unpaired) electrons. The van der Waals surface area contributed by atoms with Gasteiger partial charge in [0.2, 0.25) is 0 Å². The standard InChI is InChI=1S/C14H16O2/c15-13(16)12-9-14(12)8-4-3-6-10-5-1-2-7-11(10)14/h1-2,5,7,12H,3-4,6,8-9H2,(H,15,16). The van der Waals surface area contributed by atoms with Gasteiger partial charge in [0.25, 0.3) is 0 Å². The summed E-state index contributed by atoms with van der Waals surface area (Å²) in [5, 5.41) is 9.19. The molecule has 16 heavy (non-hydrogen) atoms. The van der Waals surface area contributed by atoms with Crippen LogP contribution < -0.4 is 0 Å². The lowest BCUT2D eigenvalue weighted by atomic mass is 9.87. The third-order valence-corrected chi connectivity index (χ3v) is 4.25. The molecule has 0 aromatic heterocycles. The fourth-order valence-electron chi connectivity index (χ4n) is 3.32. The molecule has 0 saturated heterocycles. The van der Waals surface area contributed by atoms with Crippen LogP contribution in [0.1, 0.15) is 36.8 Å². The van der Waals surface area contributed by atoms with Gasteiger partial charge in [-0.25, -0.2) is 0 Å². The number of carbonyl (C=O) groups is 1. The van der Waals surface area contributed by atoms with Crippen molar-refractivity contribution in [3.8, 4) is 0 Å². The molecule has 2 heteroatoms. The van der Waals surface area contributed by atoms with E-state index in [1.165, 1.54) is 24.0 Å². The van der Waals surface area contributed by atoms with Crippen LogP contribution in [0, 0.1) is 5.92 Å². The van der Waals surface area contributed by atoms with Crippen LogP contribution in [-0.4, -0.2) is 11.1 Å². The molecular weight excluding hydrogens is 200 g/mol. The molecule has 1 saturated carbocycles. The highest BCUT2D eigenvalue weighted by Gasteiger charge is 2.59. The number of carboxylic acid groups (broad SMARTS) is 1. The number of aryl methyl sites for hydroxylation is 1. The molecule has 2 aliphatic carbocycles. The Labute approximate surface area is 95.3 Å². The van der Waals surface area contributed by atoms with Crippen molar-refractivity contribution in [2.75, 3.05) is 0 Å². The van der Waals surface area contributed by atoms with Crippen molar-refractivity contribution < 1.29 is 9.90 Å². The topological polar surface area (TPSA) is 37.3 Å². The monoisotopic (exact) mass is 216 g/mol. The van der Waals surface area contributed by atoms with Crippen molar-refractivity contribution >= 4 is 5.97 Å². The first-order chi connectivity index (χ1) is 7.74. The molecule has 1 N–H and O–H groups in total. The number of hydrogen-bond donors (Lipinski definition) is 1. The van der Waals surface area contributed by atoms with Gasteiger partial charge in [0, 0.05) is 5.41 Å². The summed E-state index contributed by atoms with van der Waals surface area (Å²) in [5.41, 5.74) is 2.68. The highest BCUT2D eigenvalue weighted by atomic mass is 16.4. The number of hydrogen-bond acceptors (Lipinski definition) is 1. The van der Waals surface area contributed by atoms with Gasteiger partial charge in [-0.05, 0) is 36.8 Å². The van der Waals surface area contributed by atoms with Crippen LogP contribution >= 0.6 is 0 Å². The first kappa shape index (κ1) is 9.88. The van der Waals surface area contributed by atoms with E-state index in [-0.39, 0.29) is 11.3 Å². The van der Waals surface area contributed by atoms with Crippen molar-refractivity contribution in [1.82, 2.24) is 0 Å². The summed E-state index contributed by atoms with van der Waals surface area (Å²) in [7, 11) is 0. The summed E-state index contributed by atoms with van der Waals surface area (Å²) < 4.78 is 0. The highest BCUT2D eigenvalue weighted by molar-refractivity contribution is 5.77. The highest BCUT2D eigenvalue weighted by Crippen LogP contribution is 2.59. The summed E-state index contributed by atoms with van der Waals surface area (Å²) in [6.07, 6.45) is 5.38. The summed E-state index contributed by atoms with van der Waals surface area (Å²) in [4.78, 5) is 11.2. The van der Waals surface area contributed by atoms with E-state index >= 15 is 0 Å². The molecule has 3 rings (SSSR count). The van der Waals surface area contributed by atoms with Gasteiger partial charge in [-0.3, -0.25) is 4.79 Å². The van der Waals surface area contributed by atoms with Gasteiger partial charge in [0.05, 0.1) is 5.92 Å². The Morgan fingerprint density at radius 1 is 1.31 bits per heavy atom. The molecule has 2 unspecified atom stereocenters. The van der Waals surface area contributed by atoms with Crippen LogP contribution in [-0.2, 0) is 16.6 Å². The lowest BCUT2D eigenvalue weighted by Gasteiger charge is -2.16. The van der Waals surface area contributed by atoms with Crippen LogP contribution in [0.2, 0.25) is 0 Å².